The van der Waals surface area contributed by atoms with Crippen molar-refractivity contribution < 1.29 is 24.2 Å². The molecule has 0 saturated carbocycles. The summed E-state index contributed by atoms with van der Waals surface area (Å²) in [6.07, 6.45) is 1.73. The van der Waals surface area contributed by atoms with Crippen LogP contribution in [0.5, 0.6) is 0 Å². The summed E-state index contributed by atoms with van der Waals surface area (Å²) in [5.74, 6) is -0.420. The van der Waals surface area contributed by atoms with E-state index in [1.807, 2.05) is 19.0 Å². The number of para-hydroxylation sites is 1. The molecule has 3 heterocycles. The highest BCUT2D eigenvalue weighted by Crippen LogP contribution is 2.43. The number of H-pyrrole nitrogens is 1. The number of likely N-dealkylation sites (N-methyl/N-ethyl adjacent to an activating group) is 1. The molecule has 2 aromatic rings. The van der Waals surface area contributed by atoms with Gasteiger partial charge in [-0.25, -0.2) is 4.98 Å². The quantitative estimate of drug-likeness (QED) is 0.538. The van der Waals surface area contributed by atoms with E-state index in [1.165, 1.54) is 0 Å². The van der Waals surface area contributed by atoms with Gasteiger partial charge in [0.1, 0.15) is 6.10 Å². The SMILES string of the molecule is CN(C)CC1CC2(CCN(C(=O)c3nc4ccccc4c(=O)[nH]3)CC2)C(=O)O1.O=CO. The Bertz CT molecular complexity index is 1030. The topological polar surface area (TPSA) is 133 Å². The summed E-state index contributed by atoms with van der Waals surface area (Å²) in [7, 11) is 3.91. The van der Waals surface area contributed by atoms with E-state index in [-0.39, 0.29) is 35.8 Å². The minimum atomic E-state index is -0.498. The van der Waals surface area contributed by atoms with Crippen LogP contribution in [0.15, 0.2) is 29.1 Å². The number of carbonyl (C=O) groups excluding carboxylic acids is 2. The van der Waals surface area contributed by atoms with E-state index >= 15 is 0 Å². The summed E-state index contributed by atoms with van der Waals surface area (Å²) >= 11 is 0. The Morgan fingerprint density at radius 2 is 1.97 bits per heavy atom. The standard InChI is InChI=1S/C20H24N4O4.CH2O2/c1-23(2)12-13-11-20(19(27)28-13)7-9-24(10-8-20)18(26)16-21-15-6-4-3-5-14(15)17(25)22-16;2-1-3/h3-6,13H,7-12H2,1-2H3,(H,21,22,25);1H,(H,2,3). The molecule has 2 saturated heterocycles. The second kappa shape index (κ2) is 9.25. The number of esters is 1. The maximum Gasteiger partial charge on any atom is 0.312 e. The van der Waals surface area contributed by atoms with Gasteiger partial charge in [-0.15, -0.1) is 0 Å². The zero-order chi connectivity index (χ0) is 22.6. The number of aromatic nitrogens is 2. The molecule has 0 radical (unpaired) electrons. The van der Waals surface area contributed by atoms with Gasteiger partial charge in [-0.3, -0.25) is 19.2 Å². The Morgan fingerprint density at radius 1 is 1.32 bits per heavy atom. The number of aromatic amines is 1. The lowest BCUT2D eigenvalue weighted by Crippen LogP contribution is -2.45. The Morgan fingerprint density at radius 3 is 2.61 bits per heavy atom. The van der Waals surface area contributed by atoms with Crippen molar-refractivity contribution in [2.75, 3.05) is 33.7 Å². The zero-order valence-electron chi connectivity index (χ0n) is 17.5. The molecule has 2 aliphatic heterocycles. The minimum Gasteiger partial charge on any atom is -0.483 e. The molecule has 1 unspecified atom stereocenters. The molecule has 1 aromatic heterocycles. The largest absolute Gasteiger partial charge is 0.483 e. The molecule has 4 rings (SSSR count). The van der Waals surface area contributed by atoms with Crippen LogP contribution >= 0.6 is 0 Å². The van der Waals surface area contributed by atoms with Crippen LogP contribution in [0, 0.1) is 5.41 Å². The van der Waals surface area contributed by atoms with E-state index in [4.69, 9.17) is 14.6 Å². The number of carboxylic acid groups (broad SMARTS) is 1. The van der Waals surface area contributed by atoms with Gasteiger partial charge < -0.3 is 24.6 Å². The fraction of sp³-hybridized carbons (Fsp3) is 0.476. The number of hydrogen-bond donors (Lipinski definition) is 2. The number of nitrogens with zero attached hydrogens (tertiary/aromatic N) is 3. The molecule has 1 aromatic carbocycles. The van der Waals surface area contributed by atoms with Gasteiger partial charge in [-0.2, -0.15) is 0 Å². The third kappa shape index (κ3) is 4.74. The fourth-order valence-corrected chi connectivity index (χ4v) is 4.23. The Kier molecular flexibility index (Phi) is 6.69. The Labute approximate surface area is 178 Å². The molecule has 1 atom stereocenters. The molecule has 0 bridgehead atoms. The number of rotatable bonds is 3. The van der Waals surface area contributed by atoms with Crippen molar-refractivity contribution in [2.45, 2.75) is 25.4 Å². The number of amides is 1. The predicted molar refractivity (Wildman–Crippen MR) is 112 cm³/mol. The highest BCUT2D eigenvalue weighted by Gasteiger charge is 2.50. The van der Waals surface area contributed by atoms with Crippen LogP contribution in [0.25, 0.3) is 10.9 Å². The average molecular weight is 430 g/mol. The van der Waals surface area contributed by atoms with Gasteiger partial charge in [-0.05, 0) is 39.1 Å². The molecule has 1 amide bonds. The number of fused-ring (bicyclic) bond motifs is 1. The van der Waals surface area contributed by atoms with Crippen molar-refractivity contribution in [1.82, 2.24) is 19.8 Å². The third-order valence-electron chi connectivity index (χ3n) is 5.72. The number of benzene rings is 1. The van der Waals surface area contributed by atoms with E-state index in [0.717, 1.165) is 0 Å². The van der Waals surface area contributed by atoms with Crippen molar-refractivity contribution in [3.63, 3.8) is 0 Å². The minimum absolute atomic E-state index is 0.0409. The number of carbonyl (C=O) groups is 3. The molecule has 0 aliphatic carbocycles. The smallest absolute Gasteiger partial charge is 0.312 e. The van der Waals surface area contributed by atoms with Crippen LogP contribution < -0.4 is 5.56 Å². The van der Waals surface area contributed by atoms with Gasteiger partial charge >= 0.3 is 5.97 Å². The lowest BCUT2D eigenvalue weighted by molar-refractivity contribution is -0.150. The zero-order valence-corrected chi connectivity index (χ0v) is 17.5. The molecule has 10 nitrogen and oxygen atoms in total. The molecular weight excluding hydrogens is 404 g/mol. The molecule has 2 aliphatic rings. The summed E-state index contributed by atoms with van der Waals surface area (Å²) in [4.78, 5) is 56.5. The number of likely N-dealkylation sites (tertiary alicyclic amines) is 1. The maximum atomic E-state index is 12.9. The first-order valence-corrected chi connectivity index (χ1v) is 10.0. The van der Waals surface area contributed by atoms with Crippen molar-refractivity contribution in [1.29, 1.82) is 0 Å². The highest BCUT2D eigenvalue weighted by molar-refractivity contribution is 5.93. The highest BCUT2D eigenvalue weighted by atomic mass is 16.6. The molecule has 2 N–H and O–H groups in total. The number of nitrogens with one attached hydrogen (secondary N) is 1. The second-order valence-electron chi connectivity index (χ2n) is 8.10. The Hall–Kier alpha value is -3.27. The van der Waals surface area contributed by atoms with E-state index in [1.54, 1.807) is 29.2 Å². The maximum absolute atomic E-state index is 12.9. The van der Waals surface area contributed by atoms with Gasteiger partial charge in [0.25, 0.3) is 17.9 Å². The number of ether oxygens (including phenoxy) is 1. The summed E-state index contributed by atoms with van der Waals surface area (Å²) in [6, 6.07) is 6.93. The average Bonchev–Trinajstić information content (AvgIpc) is 3.02. The molecule has 10 heteroatoms. The third-order valence-corrected chi connectivity index (χ3v) is 5.72. The van der Waals surface area contributed by atoms with Crippen molar-refractivity contribution >= 4 is 29.3 Å². The van der Waals surface area contributed by atoms with E-state index in [9.17, 15) is 14.4 Å². The number of piperidine rings is 1. The number of hydrogen-bond acceptors (Lipinski definition) is 7. The normalized spacial score (nSPS) is 19.8. The monoisotopic (exact) mass is 430 g/mol. The van der Waals surface area contributed by atoms with Crippen LogP contribution in [0.1, 0.15) is 29.9 Å². The van der Waals surface area contributed by atoms with Gasteiger partial charge in [0.05, 0.1) is 16.3 Å². The van der Waals surface area contributed by atoms with Crippen LogP contribution in [0.4, 0.5) is 0 Å². The lowest BCUT2D eigenvalue weighted by atomic mass is 9.76. The van der Waals surface area contributed by atoms with Gasteiger partial charge in [0.15, 0.2) is 5.82 Å². The van der Waals surface area contributed by atoms with Crippen molar-refractivity contribution in [3.8, 4) is 0 Å². The first-order valence-electron chi connectivity index (χ1n) is 10.0. The molecule has 2 fully saturated rings. The van der Waals surface area contributed by atoms with Gasteiger partial charge in [0, 0.05) is 26.1 Å². The summed E-state index contributed by atoms with van der Waals surface area (Å²) in [5.41, 5.74) is -0.330. The van der Waals surface area contributed by atoms with Gasteiger partial charge in [0.2, 0.25) is 0 Å². The van der Waals surface area contributed by atoms with Crippen molar-refractivity contribution in [2.24, 2.45) is 5.41 Å². The first-order chi connectivity index (χ1) is 14.8. The van der Waals surface area contributed by atoms with E-state index in [0.29, 0.717) is 49.8 Å². The molecule has 1 spiro atoms. The summed E-state index contributed by atoms with van der Waals surface area (Å²) in [6.45, 7) is 1.34. The van der Waals surface area contributed by atoms with Gasteiger partial charge in [-0.1, -0.05) is 12.1 Å². The lowest BCUT2D eigenvalue weighted by Gasteiger charge is -2.36. The first kappa shape index (κ1) is 22.4. The molecule has 166 valence electrons. The molecular formula is C21H26N4O6. The summed E-state index contributed by atoms with van der Waals surface area (Å²) < 4.78 is 5.57. The summed E-state index contributed by atoms with van der Waals surface area (Å²) in [5, 5.41) is 7.34. The van der Waals surface area contributed by atoms with Crippen LogP contribution in [0.2, 0.25) is 0 Å². The second-order valence-corrected chi connectivity index (χ2v) is 8.10. The number of cyclic esters (lactones) is 1. The fourth-order valence-electron chi connectivity index (χ4n) is 4.23. The Balaban J connectivity index is 0.000000858. The predicted octanol–water partition coefficient (Wildman–Crippen LogP) is 0.723. The van der Waals surface area contributed by atoms with E-state index in [2.05, 4.69) is 9.97 Å². The van der Waals surface area contributed by atoms with E-state index < -0.39 is 5.41 Å². The van der Waals surface area contributed by atoms with Crippen LogP contribution in [-0.4, -0.2) is 83.1 Å². The van der Waals surface area contributed by atoms with Crippen molar-refractivity contribution in [3.05, 3.63) is 40.4 Å². The van der Waals surface area contributed by atoms with Crippen LogP contribution in [0.3, 0.4) is 0 Å². The molecule has 31 heavy (non-hydrogen) atoms. The van der Waals surface area contributed by atoms with Crippen LogP contribution in [-0.2, 0) is 14.3 Å².